The van der Waals surface area contributed by atoms with Crippen molar-refractivity contribution in [1.82, 2.24) is 0 Å². The Kier molecular flexibility index (Phi) is 4.56. The molecule has 0 aliphatic carbocycles. The van der Waals surface area contributed by atoms with E-state index < -0.39 is 0 Å². The predicted molar refractivity (Wildman–Crippen MR) is 90.4 cm³/mol. The summed E-state index contributed by atoms with van der Waals surface area (Å²) in [6.07, 6.45) is 0. The molecular weight excluding hydrogens is 258 g/mol. The van der Waals surface area contributed by atoms with Gasteiger partial charge in [0.1, 0.15) is 5.75 Å². The molecule has 2 heteroatoms. The molecule has 0 aliphatic rings. The maximum atomic E-state index is 5.47. The Morgan fingerprint density at radius 2 is 1.57 bits per heavy atom. The van der Waals surface area contributed by atoms with Gasteiger partial charge in [0.25, 0.3) is 0 Å². The number of ether oxygens (including phenoxy) is 1. The fraction of sp³-hybridized carbons (Fsp3) is 0.368. The van der Waals surface area contributed by atoms with E-state index in [0.29, 0.717) is 0 Å². The first-order chi connectivity index (χ1) is 9.92. The lowest BCUT2D eigenvalue weighted by Gasteiger charge is -2.21. The summed E-state index contributed by atoms with van der Waals surface area (Å²) in [7, 11) is 1.71. The van der Waals surface area contributed by atoms with E-state index in [-0.39, 0.29) is 6.04 Å². The van der Waals surface area contributed by atoms with Crippen LogP contribution < -0.4 is 10.1 Å². The summed E-state index contributed by atoms with van der Waals surface area (Å²) in [6, 6.07) is 11.0. The Labute approximate surface area is 128 Å². The van der Waals surface area contributed by atoms with Crippen molar-refractivity contribution >= 4 is 5.69 Å². The van der Waals surface area contributed by atoms with Crippen LogP contribution in [0.5, 0.6) is 5.75 Å². The lowest BCUT2D eigenvalue weighted by Crippen LogP contribution is -2.10. The lowest BCUT2D eigenvalue weighted by atomic mass is 9.96. The normalized spacial score (nSPS) is 12.1. The van der Waals surface area contributed by atoms with Crippen LogP contribution in [0.3, 0.4) is 0 Å². The SMILES string of the molecule is COc1cc(C)ccc1NC(C)c1cc(C)c(C)cc1C. The van der Waals surface area contributed by atoms with E-state index in [1.165, 1.54) is 27.8 Å². The average molecular weight is 283 g/mol. The topological polar surface area (TPSA) is 21.3 Å². The van der Waals surface area contributed by atoms with Gasteiger partial charge in [0.15, 0.2) is 0 Å². The second-order valence-corrected chi connectivity index (χ2v) is 5.86. The molecule has 0 bridgehead atoms. The molecule has 0 saturated carbocycles. The Morgan fingerprint density at radius 3 is 2.24 bits per heavy atom. The Morgan fingerprint density at radius 1 is 0.905 bits per heavy atom. The highest BCUT2D eigenvalue weighted by Crippen LogP contribution is 2.30. The third kappa shape index (κ3) is 3.38. The number of benzene rings is 2. The highest BCUT2D eigenvalue weighted by atomic mass is 16.5. The minimum absolute atomic E-state index is 0.237. The quantitative estimate of drug-likeness (QED) is 0.842. The number of anilines is 1. The molecule has 112 valence electrons. The molecule has 2 rings (SSSR count). The third-order valence-electron chi connectivity index (χ3n) is 4.08. The van der Waals surface area contributed by atoms with E-state index in [1.807, 2.05) is 0 Å². The molecular formula is C19H25NO. The lowest BCUT2D eigenvalue weighted by molar-refractivity contribution is 0.416. The van der Waals surface area contributed by atoms with Crippen LogP contribution >= 0.6 is 0 Å². The number of rotatable bonds is 4. The largest absolute Gasteiger partial charge is 0.495 e. The van der Waals surface area contributed by atoms with Gasteiger partial charge in [-0.3, -0.25) is 0 Å². The van der Waals surface area contributed by atoms with Gasteiger partial charge in [-0.05, 0) is 74.6 Å². The molecule has 0 aliphatic heterocycles. The van der Waals surface area contributed by atoms with Gasteiger partial charge in [-0.2, -0.15) is 0 Å². The Hall–Kier alpha value is -1.96. The minimum Gasteiger partial charge on any atom is -0.495 e. The maximum absolute atomic E-state index is 5.47. The minimum atomic E-state index is 0.237. The van der Waals surface area contributed by atoms with Crippen molar-refractivity contribution in [3.8, 4) is 5.75 Å². The maximum Gasteiger partial charge on any atom is 0.142 e. The number of nitrogens with one attached hydrogen (secondary N) is 1. The molecule has 0 amide bonds. The van der Waals surface area contributed by atoms with E-state index >= 15 is 0 Å². The average Bonchev–Trinajstić information content (AvgIpc) is 2.44. The zero-order valence-corrected chi connectivity index (χ0v) is 13.9. The number of hydrogen-bond donors (Lipinski definition) is 1. The molecule has 0 fully saturated rings. The fourth-order valence-electron chi connectivity index (χ4n) is 2.68. The summed E-state index contributed by atoms with van der Waals surface area (Å²) >= 11 is 0. The molecule has 1 unspecified atom stereocenters. The highest BCUT2D eigenvalue weighted by Gasteiger charge is 2.12. The molecule has 0 radical (unpaired) electrons. The van der Waals surface area contributed by atoms with E-state index in [2.05, 4.69) is 70.3 Å². The van der Waals surface area contributed by atoms with Gasteiger partial charge in [-0.15, -0.1) is 0 Å². The number of hydrogen-bond acceptors (Lipinski definition) is 2. The van der Waals surface area contributed by atoms with Gasteiger partial charge in [-0.25, -0.2) is 0 Å². The molecule has 0 spiro atoms. The first-order valence-electron chi connectivity index (χ1n) is 7.41. The van der Waals surface area contributed by atoms with Crippen LogP contribution in [0.4, 0.5) is 5.69 Å². The summed E-state index contributed by atoms with van der Waals surface area (Å²) in [4.78, 5) is 0. The van der Waals surface area contributed by atoms with Gasteiger partial charge in [0.2, 0.25) is 0 Å². The molecule has 2 nitrogen and oxygen atoms in total. The predicted octanol–water partition coefficient (Wildman–Crippen LogP) is 5.10. The number of methoxy groups -OCH3 is 1. The van der Waals surface area contributed by atoms with Gasteiger partial charge < -0.3 is 10.1 Å². The molecule has 0 aromatic heterocycles. The zero-order valence-electron chi connectivity index (χ0n) is 13.9. The first kappa shape index (κ1) is 15.4. The summed E-state index contributed by atoms with van der Waals surface area (Å²) in [6.45, 7) is 10.8. The van der Waals surface area contributed by atoms with Gasteiger partial charge in [0, 0.05) is 6.04 Å². The second kappa shape index (κ2) is 6.21. The highest BCUT2D eigenvalue weighted by molar-refractivity contribution is 5.59. The third-order valence-corrected chi connectivity index (χ3v) is 4.08. The molecule has 0 heterocycles. The smallest absolute Gasteiger partial charge is 0.142 e. The van der Waals surface area contributed by atoms with Gasteiger partial charge in [-0.1, -0.05) is 18.2 Å². The van der Waals surface area contributed by atoms with Crippen LogP contribution in [0.15, 0.2) is 30.3 Å². The standard InChI is InChI=1S/C19H25NO/c1-12-7-8-18(19(9-12)21-6)20-16(5)17-11-14(3)13(2)10-15(17)4/h7-11,16,20H,1-6H3. The van der Waals surface area contributed by atoms with E-state index in [9.17, 15) is 0 Å². The van der Waals surface area contributed by atoms with E-state index in [0.717, 1.165) is 11.4 Å². The van der Waals surface area contributed by atoms with Crippen LogP contribution in [0, 0.1) is 27.7 Å². The first-order valence-corrected chi connectivity index (χ1v) is 7.41. The molecule has 0 saturated heterocycles. The van der Waals surface area contributed by atoms with Crippen molar-refractivity contribution in [3.63, 3.8) is 0 Å². The van der Waals surface area contributed by atoms with E-state index in [4.69, 9.17) is 4.74 Å². The van der Waals surface area contributed by atoms with Crippen molar-refractivity contribution in [2.45, 2.75) is 40.7 Å². The van der Waals surface area contributed by atoms with E-state index in [1.54, 1.807) is 7.11 Å². The zero-order chi connectivity index (χ0) is 15.6. The summed E-state index contributed by atoms with van der Waals surface area (Å²) in [5, 5.41) is 3.57. The summed E-state index contributed by atoms with van der Waals surface area (Å²) < 4.78 is 5.47. The number of aryl methyl sites for hydroxylation is 4. The Bertz CT molecular complexity index is 646. The monoisotopic (exact) mass is 283 g/mol. The molecule has 2 aromatic carbocycles. The second-order valence-electron chi connectivity index (χ2n) is 5.86. The van der Waals surface area contributed by atoms with Crippen molar-refractivity contribution in [2.75, 3.05) is 12.4 Å². The van der Waals surface area contributed by atoms with Crippen LogP contribution in [-0.2, 0) is 0 Å². The van der Waals surface area contributed by atoms with Crippen LogP contribution in [0.1, 0.15) is 40.8 Å². The van der Waals surface area contributed by atoms with Crippen molar-refractivity contribution in [3.05, 3.63) is 58.1 Å². The molecule has 2 aromatic rings. The molecule has 1 atom stereocenters. The van der Waals surface area contributed by atoms with Crippen molar-refractivity contribution in [1.29, 1.82) is 0 Å². The fourth-order valence-corrected chi connectivity index (χ4v) is 2.68. The molecule has 1 N–H and O–H groups in total. The Balaban J connectivity index is 2.30. The van der Waals surface area contributed by atoms with Crippen LogP contribution in [0.2, 0.25) is 0 Å². The van der Waals surface area contributed by atoms with Crippen molar-refractivity contribution in [2.24, 2.45) is 0 Å². The van der Waals surface area contributed by atoms with Crippen LogP contribution in [-0.4, -0.2) is 7.11 Å². The summed E-state index contributed by atoms with van der Waals surface area (Å²) in [5.41, 5.74) is 7.57. The molecule has 21 heavy (non-hydrogen) atoms. The van der Waals surface area contributed by atoms with Gasteiger partial charge in [0.05, 0.1) is 12.8 Å². The van der Waals surface area contributed by atoms with Crippen LogP contribution in [0.25, 0.3) is 0 Å². The summed E-state index contributed by atoms with van der Waals surface area (Å²) in [5.74, 6) is 0.892. The van der Waals surface area contributed by atoms with Gasteiger partial charge >= 0.3 is 0 Å². The van der Waals surface area contributed by atoms with Crippen molar-refractivity contribution < 1.29 is 4.74 Å².